The van der Waals surface area contributed by atoms with Crippen molar-refractivity contribution in [2.24, 2.45) is 0 Å². The highest BCUT2D eigenvalue weighted by atomic mass is 16.5. The largest absolute Gasteiger partial charge is 0.394 e. The van der Waals surface area contributed by atoms with Gasteiger partial charge in [-0.25, -0.2) is 0 Å². The van der Waals surface area contributed by atoms with Crippen molar-refractivity contribution >= 4 is 5.91 Å². The van der Waals surface area contributed by atoms with Crippen LogP contribution in [0.1, 0.15) is 42.2 Å². The van der Waals surface area contributed by atoms with E-state index in [1.165, 1.54) is 12.8 Å². The van der Waals surface area contributed by atoms with Crippen molar-refractivity contribution in [2.75, 3.05) is 26.3 Å². The molecule has 1 aliphatic carbocycles. The minimum Gasteiger partial charge on any atom is -0.394 e. The molecule has 0 atom stereocenters. The molecule has 1 saturated carbocycles. The Hall–Kier alpha value is -1.33. The van der Waals surface area contributed by atoms with E-state index in [-0.39, 0.29) is 18.6 Å². The minimum atomic E-state index is 0.0635. The molecule has 20 heavy (non-hydrogen) atoms. The zero-order chi connectivity index (χ0) is 13.9. The number of likely N-dealkylation sites (tertiary alicyclic amines) is 1. The standard InChI is InChI=1S/C15H22N2O3/c18-10-11-20-13-5-8-16(9-6-13)15(19)14-2-1-7-17(14)12-3-4-12/h1-2,7,12-13,18H,3-6,8-11H2. The van der Waals surface area contributed by atoms with E-state index in [4.69, 9.17) is 9.84 Å². The molecular weight excluding hydrogens is 256 g/mol. The molecule has 2 fully saturated rings. The summed E-state index contributed by atoms with van der Waals surface area (Å²) in [6, 6.07) is 4.42. The number of carbonyl (C=O) groups excluding carboxylic acids is 1. The Morgan fingerprint density at radius 3 is 2.70 bits per heavy atom. The molecule has 1 aromatic heterocycles. The number of aliphatic hydroxyl groups is 1. The first-order valence-corrected chi connectivity index (χ1v) is 7.48. The fraction of sp³-hybridized carbons (Fsp3) is 0.667. The van der Waals surface area contributed by atoms with Crippen molar-refractivity contribution in [3.05, 3.63) is 24.0 Å². The fourth-order valence-corrected chi connectivity index (χ4v) is 2.85. The van der Waals surface area contributed by atoms with Crippen LogP contribution in [0.15, 0.2) is 18.3 Å². The van der Waals surface area contributed by atoms with Gasteiger partial charge in [-0.05, 0) is 37.8 Å². The molecule has 0 aromatic carbocycles. The van der Waals surface area contributed by atoms with Gasteiger partial charge in [-0.3, -0.25) is 4.79 Å². The molecular formula is C15H22N2O3. The van der Waals surface area contributed by atoms with Crippen molar-refractivity contribution < 1.29 is 14.6 Å². The fourth-order valence-electron chi connectivity index (χ4n) is 2.85. The second-order valence-electron chi connectivity index (χ2n) is 5.62. The van der Waals surface area contributed by atoms with Gasteiger partial charge in [0.1, 0.15) is 5.69 Å². The van der Waals surface area contributed by atoms with Crippen LogP contribution in [0.5, 0.6) is 0 Å². The number of aromatic nitrogens is 1. The van der Waals surface area contributed by atoms with Crippen LogP contribution in [-0.4, -0.2) is 52.9 Å². The van der Waals surface area contributed by atoms with Crippen molar-refractivity contribution in [2.45, 2.75) is 37.8 Å². The van der Waals surface area contributed by atoms with Crippen LogP contribution in [-0.2, 0) is 4.74 Å². The van der Waals surface area contributed by atoms with Gasteiger partial charge in [0.05, 0.1) is 19.3 Å². The van der Waals surface area contributed by atoms with E-state index in [1.54, 1.807) is 0 Å². The van der Waals surface area contributed by atoms with Gasteiger partial charge < -0.3 is 19.3 Å². The molecule has 0 unspecified atom stereocenters. The van der Waals surface area contributed by atoms with Gasteiger partial charge in [-0.1, -0.05) is 0 Å². The summed E-state index contributed by atoms with van der Waals surface area (Å²) in [4.78, 5) is 14.5. The van der Waals surface area contributed by atoms with Gasteiger partial charge in [0, 0.05) is 25.3 Å². The predicted octanol–water partition coefficient (Wildman–Crippen LogP) is 1.44. The average molecular weight is 278 g/mol. The first-order chi connectivity index (χ1) is 9.79. The molecule has 0 bridgehead atoms. The van der Waals surface area contributed by atoms with Crippen molar-refractivity contribution in [3.63, 3.8) is 0 Å². The van der Waals surface area contributed by atoms with E-state index in [2.05, 4.69) is 4.57 Å². The first kappa shape index (κ1) is 13.6. The SMILES string of the molecule is O=C(c1cccn1C1CC1)N1CCC(OCCO)CC1. The number of rotatable bonds is 5. The summed E-state index contributed by atoms with van der Waals surface area (Å²) in [5, 5.41) is 8.76. The lowest BCUT2D eigenvalue weighted by Gasteiger charge is -2.32. The van der Waals surface area contributed by atoms with E-state index in [0.29, 0.717) is 12.6 Å². The molecule has 0 spiro atoms. The van der Waals surface area contributed by atoms with Crippen LogP contribution < -0.4 is 0 Å². The molecule has 110 valence electrons. The molecule has 0 radical (unpaired) electrons. The molecule has 1 aromatic rings. The second-order valence-corrected chi connectivity index (χ2v) is 5.62. The number of hydrogen-bond acceptors (Lipinski definition) is 3. The number of piperidine rings is 1. The maximum atomic E-state index is 12.6. The Kier molecular flexibility index (Phi) is 4.08. The zero-order valence-corrected chi connectivity index (χ0v) is 11.7. The summed E-state index contributed by atoms with van der Waals surface area (Å²) in [5.74, 6) is 0.141. The lowest BCUT2D eigenvalue weighted by atomic mass is 10.1. The Morgan fingerprint density at radius 2 is 2.05 bits per heavy atom. The molecule has 1 N–H and O–H groups in total. The highest BCUT2D eigenvalue weighted by Crippen LogP contribution is 2.36. The predicted molar refractivity (Wildman–Crippen MR) is 74.7 cm³/mol. The van der Waals surface area contributed by atoms with Gasteiger partial charge >= 0.3 is 0 Å². The number of ether oxygens (including phenoxy) is 1. The molecule has 5 heteroatoms. The molecule has 1 aliphatic heterocycles. The smallest absolute Gasteiger partial charge is 0.270 e. The maximum absolute atomic E-state index is 12.6. The van der Waals surface area contributed by atoms with E-state index < -0.39 is 0 Å². The highest BCUT2D eigenvalue weighted by Gasteiger charge is 2.30. The van der Waals surface area contributed by atoms with Crippen LogP contribution in [0.3, 0.4) is 0 Å². The Morgan fingerprint density at radius 1 is 1.30 bits per heavy atom. The Labute approximate surface area is 119 Å². The topological polar surface area (TPSA) is 54.7 Å². The van der Waals surface area contributed by atoms with E-state index >= 15 is 0 Å². The summed E-state index contributed by atoms with van der Waals surface area (Å²) >= 11 is 0. The van der Waals surface area contributed by atoms with E-state index in [9.17, 15) is 4.79 Å². The summed E-state index contributed by atoms with van der Waals surface area (Å²) in [5.41, 5.74) is 0.822. The lowest BCUT2D eigenvalue weighted by molar-refractivity contribution is -0.00573. The second kappa shape index (κ2) is 5.97. The number of aliphatic hydroxyl groups excluding tert-OH is 1. The van der Waals surface area contributed by atoms with Gasteiger partial charge in [0.15, 0.2) is 0 Å². The molecule has 1 saturated heterocycles. The highest BCUT2D eigenvalue weighted by molar-refractivity contribution is 5.93. The minimum absolute atomic E-state index is 0.0635. The number of hydrogen-bond donors (Lipinski definition) is 1. The Balaban J connectivity index is 1.57. The van der Waals surface area contributed by atoms with Crippen molar-refractivity contribution in [1.29, 1.82) is 0 Å². The van der Waals surface area contributed by atoms with Crippen LogP contribution in [0.25, 0.3) is 0 Å². The van der Waals surface area contributed by atoms with Gasteiger partial charge in [0.2, 0.25) is 0 Å². The van der Waals surface area contributed by atoms with Crippen LogP contribution in [0, 0.1) is 0 Å². The molecule has 5 nitrogen and oxygen atoms in total. The molecule has 2 aliphatic rings. The lowest BCUT2D eigenvalue weighted by Crippen LogP contribution is -2.41. The normalized spacial score (nSPS) is 20.4. The first-order valence-electron chi connectivity index (χ1n) is 7.48. The van der Waals surface area contributed by atoms with Crippen LogP contribution >= 0.6 is 0 Å². The molecule has 3 rings (SSSR count). The van der Waals surface area contributed by atoms with Crippen molar-refractivity contribution in [1.82, 2.24) is 9.47 Å². The van der Waals surface area contributed by atoms with Gasteiger partial charge in [0.25, 0.3) is 5.91 Å². The third-order valence-corrected chi connectivity index (χ3v) is 4.11. The third kappa shape index (κ3) is 2.88. The number of carbonyl (C=O) groups is 1. The van der Waals surface area contributed by atoms with Crippen LogP contribution in [0.4, 0.5) is 0 Å². The number of nitrogens with zero attached hydrogens (tertiary/aromatic N) is 2. The zero-order valence-electron chi connectivity index (χ0n) is 11.7. The maximum Gasteiger partial charge on any atom is 0.270 e. The molecule has 1 amide bonds. The van der Waals surface area contributed by atoms with E-state index in [0.717, 1.165) is 31.6 Å². The quantitative estimate of drug-likeness (QED) is 0.886. The number of amides is 1. The van der Waals surface area contributed by atoms with Crippen LogP contribution in [0.2, 0.25) is 0 Å². The van der Waals surface area contributed by atoms with Gasteiger partial charge in [-0.2, -0.15) is 0 Å². The monoisotopic (exact) mass is 278 g/mol. The molecule has 2 heterocycles. The average Bonchev–Trinajstić information content (AvgIpc) is 3.22. The van der Waals surface area contributed by atoms with Crippen molar-refractivity contribution in [3.8, 4) is 0 Å². The van der Waals surface area contributed by atoms with E-state index in [1.807, 2.05) is 23.2 Å². The summed E-state index contributed by atoms with van der Waals surface area (Å²) in [6.45, 7) is 1.94. The summed E-state index contributed by atoms with van der Waals surface area (Å²) in [7, 11) is 0. The Bertz CT molecular complexity index is 459. The summed E-state index contributed by atoms with van der Waals surface area (Å²) < 4.78 is 7.65. The summed E-state index contributed by atoms with van der Waals surface area (Å²) in [6.07, 6.45) is 6.28. The third-order valence-electron chi connectivity index (χ3n) is 4.11. The van der Waals surface area contributed by atoms with Gasteiger partial charge in [-0.15, -0.1) is 0 Å².